The molecule has 7 heteroatoms. The van der Waals surface area contributed by atoms with Gasteiger partial charge < -0.3 is 10.4 Å². The van der Waals surface area contributed by atoms with Crippen LogP contribution in [0.15, 0.2) is 0 Å². The van der Waals surface area contributed by atoms with E-state index in [-0.39, 0.29) is 19.0 Å². The highest BCUT2D eigenvalue weighted by molar-refractivity contribution is 5.78. The van der Waals surface area contributed by atoms with Gasteiger partial charge in [0.05, 0.1) is 6.54 Å². The first-order chi connectivity index (χ1) is 8.02. The molecule has 0 rings (SSSR count). The highest BCUT2D eigenvalue weighted by Crippen LogP contribution is 2.19. The molecule has 4 nitrogen and oxygen atoms in total. The van der Waals surface area contributed by atoms with Gasteiger partial charge in [0.2, 0.25) is 0 Å². The highest BCUT2D eigenvalue weighted by Gasteiger charge is 2.35. The molecular formula is C11H21F3N2O2. The molecule has 108 valence electrons. The number of carboxylic acid groups (broad SMARTS) is 1. The van der Waals surface area contributed by atoms with E-state index in [1.165, 1.54) is 18.9 Å². The molecule has 0 aliphatic heterocycles. The monoisotopic (exact) mass is 270 g/mol. The molecule has 0 saturated carbocycles. The molecule has 0 aliphatic carbocycles. The van der Waals surface area contributed by atoms with Crippen LogP contribution in [0.2, 0.25) is 0 Å². The van der Waals surface area contributed by atoms with Gasteiger partial charge in [0.25, 0.3) is 0 Å². The Balaban J connectivity index is 4.58. The Morgan fingerprint density at radius 3 is 2.17 bits per heavy atom. The number of carbonyl (C=O) groups is 1. The van der Waals surface area contributed by atoms with Crippen LogP contribution in [0.25, 0.3) is 0 Å². The first kappa shape index (κ1) is 17.2. The van der Waals surface area contributed by atoms with Gasteiger partial charge in [0, 0.05) is 12.6 Å². The second kappa shape index (κ2) is 6.38. The normalized spacial score (nSPS) is 16.1. The van der Waals surface area contributed by atoms with E-state index in [2.05, 4.69) is 5.32 Å². The van der Waals surface area contributed by atoms with Crippen LogP contribution in [0.1, 0.15) is 27.2 Å². The fourth-order valence-corrected chi connectivity index (χ4v) is 1.46. The molecule has 0 aromatic heterocycles. The lowest BCUT2D eigenvalue weighted by Crippen LogP contribution is -2.51. The van der Waals surface area contributed by atoms with Crippen molar-refractivity contribution in [1.82, 2.24) is 10.2 Å². The first-order valence-corrected chi connectivity index (χ1v) is 5.75. The van der Waals surface area contributed by atoms with Gasteiger partial charge in [-0.3, -0.25) is 9.69 Å². The van der Waals surface area contributed by atoms with Crippen molar-refractivity contribution in [1.29, 1.82) is 0 Å². The van der Waals surface area contributed by atoms with Gasteiger partial charge in [-0.05, 0) is 34.2 Å². The Morgan fingerprint density at radius 2 is 1.89 bits per heavy atom. The summed E-state index contributed by atoms with van der Waals surface area (Å²) in [7, 11) is 1.48. The van der Waals surface area contributed by atoms with E-state index < -0.39 is 24.2 Å². The molecule has 0 aliphatic rings. The van der Waals surface area contributed by atoms with Crippen molar-refractivity contribution in [2.24, 2.45) is 0 Å². The van der Waals surface area contributed by atoms with E-state index in [1.807, 2.05) is 0 Å². The number of nitrogens with one attached hydrogen (secondary N) is 1. The molecule has 1 unspecified atom stereocenters. The van der Waals surface area contributed by atoms with Crippen molar-refractivity contribution in [3.63, 3.8) is 0 Å². The Morgan fingerprint density at radius 1 is 1.39 bits per heavy atom. The Hall–Kier alpha value is -0.820. The quantitative estimate of drug-likeness (QED) is 0.739. The molecule has 1 atom stereocenters. The van der Waals surface area contributed by atoms with E-state index in [4.69, 9.17) is 5.11 Å². The van der Waals surface area contributed by atoms with Gasteiger partial charge in [-0.2, -0.15) is 13.2 Å². The summed E-state index contributed by atoms with van der Waals surface area (Å²) in [5, 5.41) is 11.6. The Kier molecular flexibility index (Phi) is 6.09. The van der Waals surface area contributed by atoms with Crippen molar-refractivity contribution in [2.45, 2.75) is 44.9 Å². The number of hydrogen-bond acceptors (Lipinski definition) is 3. The molecule has 18 heavy (non-hydrogen) atoms. The van der Waals surface area contributed by atoms with E-state index >= 15 is 0 Å². The van der Waals surface area contributed by atoms with Crippen LogP contribution in [-0.4, -0.2) is 53.9 Å². The average molecular weight is 270 g/mol. The van der Waals surface area contributed by atoms with Crippen LogP contribution in [-0.2, 0) is 4.79 Å². The summed E-state index contributed by atoms with van der Waals surface area (Å²) in [6.07, 6.45) is -4.17. The number of hydrogen-bond donors (Lipinski definition) is 2. The summed E-state index contributed by atoms with van der Waals surface area (Å²) in [6.45, 7) is 3.82. The third-order valence-corrected chi connectivity index (χ3v) is 3.04. The smallest absolute Gasteiger partial charge is 0.401 e. The molecule has 0 amide bonds. The minimum Gasteiger partial charge on any atom is -0.480 e. The van der Waals surface area contributed by atoms with Crippen molar-refractivity contribution < 1.29 is 23.1 Å². The van der Waals surface area contributed by atoms with Crippen LogP contribution in [0.5, 0.6) is 0 Å². The molecule has 0 bridgehead atoms. The fourth-order valence-electron chi connectivity index (χ4n) is 1.46. The maximum Gasteiger partial charge on any atom is 0.401 e. The minimum atomic E-state index is -4.27. The summed E-state index contributed by atoms with van der Waals surface area (Å²) in [5.41, 5.74) is -1.21. The lowest BCUT2D eigenvalue weighted by molar-refractivity contribution is -0.151. The lowest BCUT2D eigenvalue weighted by atomic mass is 9.98. The van der Waals surface area contributed by atoms with E-state index in [1.54, 1.807) is 13.8 Å². The van der Waals surface area contributed by atoms with Crippen molar-refractivity contribution in [3.8, 4) is 0 Å². The molecule has 0 saturated heterocycles. The van der Waals surface area contributed by atoms with Crippen molar-refractivity contribution >= 4 is 5.97 Å². The third kappa shape index (κ3) is 5.68. The van der Waals surface area contributed by atoms with Crippen molar-refractivity contribution in [3.05, 3.63) is 0 Å². The van der Waals surface area contributed by atoms with Crippen LogP contribution >= 0.6 is 0 Å². The summed E-state index contributed by atoms with van der Waals surface area (Å²) in [6, 6.07) is -0.290. The predicted molar refractivity (Wildman–Crippen MR) is 62.5 cm³/mol. The number of nitrogens with zero attached hydrogens (tertiary/aromatic N) is 1. The van der Waals surface area contributed by atoms with E-state index in [0.29, 0.717) is 0 Å². The van der Waals surface area contributed by atoms with Gasteiger partial charge >= 0.3 is 12.1 Å². The molecule has 0 aromatic carbocycles. The molecule has 0 heterocycles. The fraction of sp³-hybridized carbons (Fsp3) is 0.909. The molecule has 0 aromatic rings. The topological polar surface area (TPSA) is 52.6 Å². The van der Waals surface area contributed by atoms with Gasteiger partial charge in [-0.25, -0.2) is 0 Å². The van der Waals surface area contributed by atoms with Crippen LogP contribution in [0.3, 0.4) is 0 Å². The molecule has 0 spiro atoms. The second-order valence-electron chi connectivity index (χ2n) is 4.82. The number of likely N-dealkylation sites (N-methyl/N-ethyl adjacent to an activating group) is 1. The van der Waals surface area contributed by atoms with E-state index in [9.17, 15) is 18.0 Å². The van der Waals surface area contributed by atoms with E-state index in [0.717, 1.165) is 0 Å². The number of carboxylic acids is 1. The van der Waals surface area contributed by atoms with Crippen molar-refractivity contribution in [2.75, 3.05) is 20.1 Å². The van der Waals surface area contributed by atoms with Crippen LogP contribution in [0.4, 0.5) is 13.2 Å². The Labute approximate surface area is 105 Å². The zero-order valence-corrected chi connectivity index (χ0v) is 11.1. The molecular weight excluding hydrogens is 249 g/mol. The van der Waals surface area contributed by atoms with Crippen LogP contribution in [0, 0.1) is 0 Å². The number of aliphatic carboxylic acids is 1. The summed E-state index contributed by atoms with van der Waals surface area (Å²) < 4.78 is 37.1. The highest BCUT2D eigenvalue weighted by atomic mass is 19.4. The number of rotatable bonds is 7. The standard InChI is InChI=1S/C11H21F3N2O2/c1-8(2)16(7-11(12,13)14)6-5-10(3,15-4)9(17)18/h8,15H,5-7H2,1-4H3,(H,17,18). The third-order valence-electron chi connectivity index (χ3n) is 3.04. The number of halogens is 3. The zero-order valence-electron chi connectivity index (χ0n) is 11.1. The molecule has 0 fully saturated rings. The maximum absolute atomic E-state index is 12.4. The zero-order chi connectivity index (χ0) is 14.6. The molecule has 0 radical (unpaired) electrons. The number of alkyl halides is 3. The second-order valence-corrected chi connectivity index (χ2v) is 4.82. The largest absolute Gasteiger partial charge is 0.480 e. The van der Waals surface area contributed by atoms with Gasteiger partial charge in [-0.15, -0.1) is 0 Å². The van der Waals surface area contributed by atoms with Crippen LogP contribution < -0.4 is 5.32 Å². The Bertz CT molecular complexity index is 282. The summed E-state index contributed by atoms with van der Waals surface area (Å²) in [5.74, 6) is -1.07. The first-order valence-electron chi connectivity index (χ1n) is 5.75. The predicted octanol–water partition coefficient (Wildman–Crippen LogP) is 1.71. The van der Waals surface area contributed by atoms with Gasteiger partial charge in [0.15, 0.2) is 0 Å². The lowest BCUT2D eigenvalue weighted by Gasteiger charge is -2.31. The average Bonchev–Trinajstić information content (AvgIpc) is 2.21. The molecule has 2 N–H and O–H groups in total. The van der Waals surface area contributed by atoms with Gasteiger partial charge in [-0.1, -0.05) is 0 Å². The maximum atomic E-state index is 12.4. The van der Waals surface area contributed by atoms with Gasteiger partial charge in [0.1, 0.15) is 5.54 Å². The SMILES string of the molecule is CNC(C)(CCN(CC(F)(F)F)C(C)C)C(=O)O. The summed E-state index contributed by atoms with van der Waals surface area (Å²) in [4.78, 5) is 12.2. The summed E-state index contributed by atoms with van der Waals surface area (Å²) >= 11 is 0. The minimum absolute atomic E-state index is 0.0703.